The van der Waals surface area contributed by atoms with Gasteiger partial charge in [0.25, 0.3) is 5.91 Å². The number of halogens is 2. The maximum absolute atomic E-state index is 14.4. The van der Waals surface area contributed by atoms with E-state index < -0.39 is 53.8 Å². The number of benzene rings is 3. The molecule has 0 radical (unpaired) electrons. The van der Waals surface area contributed by atoms with Gasteiger partial charge in [-0.15, -0.1) is 0 Å². The van der Waals surface area contributed by atoms with Crippen molar-refractivity contribution in [1.29, 1.82) is 0 Å². The quantitative estimate of drug-likeness (QED) is 0.525. The van der Waals surface area contributed by atoms with E-state index in [1.807, 2.05) is 68.4 Å². The zero-order chi connectivity index (χ0) is 27.6. The topological polar surface area (TPSA) is 83.7 Å². The Kier molecular flexibility index (Phi) is 8.02. The minimum Gasteiger partial charge on any atom is -0.320 e. The summed E-state index contributed by atoms with van der Waals surface area (Å²) in [6.07, 6.45) is -0.0997. The number of imide groups is 1. The van der Waals surface area contributed by atoms with E-state index in [-0.39, 0.29) is 11.6 Å². The molecule has 6 nitrogen and oxygen atoms in total. The number of rotatable bonds is 6. The summed E-state index contributed by atoms with van der Waals surface area (Å²) >= 11 is 0. The molecule has 2 N–H and O–H groups in total. The summed E-state index contributed by atoms with van der Waals surface area (Å²) in [5.41, 5.74) is 8.42. The van der Waals surface area contributed by atoms with Crippen LogP contribution in [0.25, 0.3) is 0 Å². The smallest absolute Gasteiger partial charge is 0.251 e. The van der Waals surface area contributed by atoms with Crippen molar-refractivity contribution in [3.05, 3.63) is 101 Å². The monoisotopic (exact) mass is 519 g/mol. The summed E-state index contributed by atoms with van der Waals surface area (Å²) in [6, 6.07) is 16.9. The van der Waals surface area contributed by atoms with Crippen LogP contribution in [-0.2, 0) is 27.2 Å². The summed E-state index contributed by atoms with van der Waals surface area (Å²) < 4.78 is 27.8. The highest BCUT2D eigenvalue weighted by Gasteiger charge is 2.46. The minimum absolute atomic E-state index is 0.0521. The first kappa shape index (κ1) is 27.1. The van der Waals surface area contributed by atoms with E-state index in [0.717, 1.165) is 28.2 Å². The van der Waals surface area contributed by atoms with E-state index in [9.17, 15) is 23.2 Å². The number of hydrogen-bond acceptors (Lipinski definition) is 4. The Morgan fingerprint density at radius 1 is 0.974 bits per heavy atom. The van der Waals surface area contributed by atoms with Crippen molar-refractivity contribution in [2.45, 2.75) is 57.7 Å². The molecule has 3 amide bonds. The lowest BCUT2D eigenvalue weighted by Gasteiger charge is -2.37. The van der Waals surface area contributed by atoms with Crippen LogP contribution in [0, 0.1) is 11.6 Å². The van der Waals surface area contributed by atoms with Gasteiger partial charge in [-0.25, -0.2) is 8.78 Å². The number of carbonyl (C=O) groups is 3. The lowest BCUT2D eigenvalue weighted by molar-refractivity contribution is -0.152. The Hall–Kier alpha value is -3.91. The van der Waals surface area contributed by atoms with Gasteiger partial charge in [0.05, 0.1) is 12.5 Å². The van der Waals surface area contributed by atoms with Gasteiger partial charge >= 0.3 is 0 Å². The molecule has 198 valence electrons. The highest BCUT2D eigenvalue weighted by molar-refractivity contribution is 6.07. The molecule has 3 aromatic rings. The fraction of sp³-hybridized carbons (Fsp3) is 0.300. The van der Waals surface area contributed by atoms with E-state index in [0.29, 0.717) is 18.2 Å². The number of nitrogens with zero attached hydrogens (tertiary/aromatic N) is 2. The van der Waals surface area contributed by atoms with Crippen LogP contribution in [0.15, 0.2) is 72.8 Å². The summed E-state index contributed by atoms with van der Waals surface area (Å²) in [7, 11) is 0. The fourth-order valence-corrected chi connectivity index (χ4v) is 5.13. The molecular formula is C30H31F2N3O3. The molecule has 3 aromatic carbocycles. The van der Waals surface area contributed by atoms with E-state index >= 15 is 0 Å². The van der Waals surface area contributed by atoms with E-state index in [2.05, 4.69) is 0 Å². The van der Waals surface area contributed by atoms with Crippen LogP contribution < -0.4 is 10.6 Å². The first-order valence-corrected chi connectivity index (χ1v) is 12.6. The Bertz CT molecular complexity index is 1320. The molecule has 0 saturated heterocycles. The average Bonchev–Trinajstić information content (AvgIpc) is 2.98. The summed E-state index contributed by atoms with van der Waals surface area (Å²) in [6.45, 7) is 5.17. The third-order valence-electron chi connectivity index (χ3n) is 6.76. The standard InChI is InChI=1S/C30H31F2N3O3/c1-18(2)34-26-12-8-7-11-22(26)16-25(21-9-5-4-6-10-21)28(30(34)38)35(29(37)19(3)33)27(36)15-20-13-23(31)17-24(32)14-20/h4-14,17-19,25,28H,15-16,33H2,1-3H3/t19-,25+,28-/m0/s1. The molecule has 0 fully saturated rings. The van der Waals surface area contributed by atoms with Crippen LogP contribution in [0.3, 0.4) is 0 Å². The SMILES string of the molecule is CC(C)N1C(=O)[C@@H](N(C(=O)Cc2cc(F)cc(F)c2)C(=O)[C@H](C)N)[C@@H](c2ccccc2)Cc2ccccc21. The molecule has 0 saturated carbocycles. The van der Waals surface area contributed by atoms with Crippen molar-refractivity contribution in [3.8, 4) is 0 Å². The molecule has 38 heavy (non-hydrogen) atoms. The zero-order valence-corrected chi connectivity index (χ0v) is 21.6. The second kappa shape index (κ2) is 11.2. The third kappa shape index (κ3) is 5.50. The molecule has 3 atom stereocenters. The summed E-state index contributed by atoms with van der Waals surface area (Å²) in [5.74, 6) is -4.18. The minimum atomic E-state index is -1.23. The molecule has 0 spiro atoms. The van der Waals surface area contributed by atoms with E-state index in [4.69, 9.17) is 5.73 Å². The Labute approximate surface area is 221 Å². The second-order valence-corrected chi connectivity index (χ2v) is 9.94. The molecule has 1 heterocycles. The molecule has 0 aliphatic carbocycles. The van der Waals surface area contributed by atoms with Gasteiger partial charge in [0.2, 0.25) is 11.8 Å². The van der Waals surface area contributed by atoms with E-state index in [1.165, 1.54) is 6.92 Å². The van der Waals surface area contributed by atoms with Gasteiger partial charge in [0, 0.05) is 23.7 Å². The predicted octanol–water partition coefficient (Wildman–Crippen LogP) is 4.36. The van der Waals surface area contributed by atoms with Crippen LogP contribution in [0.2, 0.25) is 0 Å². The molecule has 1 aliphatic heterocycles. The third-order valence-corrected chi connectivity index (χ3v) is 6.76. The molecule has 8 heteroatoms. The van der Waals surface area contributed by atoms with E-state index in [1.54, 1.807) is 4.90 Å². The van der Waals surface area contributed by atoms with Crippen LogP contribution in [-0.4, -0.2) is 40.7 Å². The number of anilines is 1. The molecule has 0 bridgehead atoms. The number of amides is 3. The molecule has 1 aliphatic rings. The normalized spacial score (nSPS) is 18.1. The first-order valence-electron chi connectivity index (χ1n) is 12.6. The maximum atomic E-state index is 14.4. The second-order valence-electron chi connectivity index (χ2n) is 9.94. The first-order chi connectivity index (χ1) is 18.1. The van der Waals surface area contributed by atoms with Crippen molar-refractivity contribution in [2.75, 3.05) is 4.90 Å². The Morgan fingerprint density at radius 2 is 1.58 bits per heavy atom. The number of nitrogens with two attached hydrogens (primary N) is 1. The van der Waals surface area contributed by atoms with Crippen LogP contribution >= 0.6 is 0 Å². The van der Waals surface area contributed by atoms with Crippen LogP contribution in [0.1, 0.15) is 43.4 Å². The van der Waals surface area contributed by atoms with Crippen LogP contribution in [0.4, 0.5) is 14.5 Å². The maximum Gasteiger partial charge on any atom is 0.251 e. The van der Waals surface area contributed by atoms with Gasteiger partial charge in [-0.2, -0.15) is 0 Å². The Balaban J connectivity index is 1.89. The molecule has 4 rings (SSSR count). The van der Waals surface area contributed by atoms with Crippen molar-refractivity contribution >= 4 is 23.4 Å². The molecule has 0 aromatic heterocycles. The number of carbonyl (C=O) groups excluding carboxylic acids is 3. The van der Waals surface area contributed by atoms with Crippen molar-refractivity contribution < 1.29 is 23.2 Å². The Morgan fingerprint density at radius 3 is 2.18 bits per heavy atom. The largest absolute Gasteiger partial charge is 0.320 e. The molecular weight excluding hydrogens is 488 g/mol. The number of fused-ring (bicyclic) bond motifs is 1. The van der Waals surface area contributed by atoms with Gasteiger partial charge in [0.1, 0.15) is 17.7 Å². The lowest BCUT2D eigenvalue weighted by atomic mass is 9.84. The molecule has 0 unspecified atom stereocenters. The summed E-state index contributed by atoms with van der Waals surface area (Å²) in [5, 5.41) is 0. The highest BCUT2D eigenvalue weighted by Crippen LogP contribution is 2.38. The number of para-hydroxylation sites is 1. The predicted molar refractivity (Wildman–Crippen MR) is 141 cm³/mol. The van der Waals surface area contributed by atoms with Crippen molar-refractivity contribution in [3.63, 3.8) is 0 Å². The van der Waals surface area contributed by atoms with Crippen LogP contribution in [0.5, 0.6) is 0 Å². The van der Waals surface area contributed by atoms with Gasteiger partial charge in [-0.3, -0.25) is 19.3 Å². The van der Waals surface area contributed by atoms with Gasteiger partial charge in [0.15, 0.2) is 0 Å². The lowest BCUT2D eigenvalue weighted by Crippen LogP contribution is -2.59. The fourth-order valence-electron chi connectivity index (χ4n) is 5.13. The van der Waals surface area contributed by atoms with Gasteiger partial charge in [-0.1, -0.05) is 48.5 Å². The summed E-state index contributed by atoms with van der Waals surface area (Å²) in [4.78, 5) is 44.3. The highest BCUT2D eigenvalue weighted by atomic mass is 19.1. The average molecular weight is 520 g/mol. The van der Waals surface area contributed by atoms with Gasteiger partial charge in [-0.05, 0) is 62.1 Å². The van der Waals surface area contributed by atoms with Crippen molar-refractivity contribution in [2.24, 2.45) is 5.73 Å². The zero-order valence-electron chi connectivity index (χ0n) is 21.6. The van der Waals surface area contributed by atoms with Gasteiger partial charge < -0.3 is 10.6 Å². The number of hydrogen-bond donors (Lipinski definition) is 1. The van der Waals surface area contributed by atoms with Crippen molar-refractivity contribution in [1.82, 2.24) is 4.90 Å².